The summed E-state index contributed by atoms with van der Waals surface area (Å²) < 4.78 is 0. The van der Waals surface area contributed by atoms with Crippen molar-refractivity contribution >= 4 is 6.21 Å². The van der Waals surface area contributed by atoms with Crippen LogP contribution in [0.2, 0.25) is 0 Å². The van der Waals surface area contributed by atoms with Gasteiger partial charge in [0.05, 0.1) is 0 Å². The van der Waals surface area contributed by atoms with Crippen molar-refractivity contribution in [2.75, 3.05) is 13.7 Å². The van der Waals surface area contributed by atoms with E-state index in [4.69, 9.17) is 0 Å². The Morgan fingerprint density at radius 1 is 1.42 bits per heavy atom. The Morgan fingerprint density at radius 2 is 2.08 bits per heavy atom. The van der Waals surface area contributed by atoms with Crippen LogP contribution in [0.25, 0.3) is 0 Å². The van der Waals surface area contributed by atoms with Crippen LogP contribution >= 0.6 is 0 Å². The number of hydrogen-bond acceptors (Lipinski definition) is 2. The first kappa shape index (κ1) is 11.6. The molecule has 0 bridgehead atoms. The minimum Gasteiger partial charge on any atom is -0.396 e. The van der Waals surface area contributed by atoms with Crippen molar-refractivity contribution in [3.8, 4) is 0 Å². The lowest BCUT2D eigenvalue weighted by Gasteiger charge is -2.28. The Kier molecular flexibility index (Phi) is 5.99. The Morgan fingerprint density at radius 3 is 2.42 bits per heavy atom. The quantitative estimate of drug-likeness (QED) is 0.611. The van der Waals surface area contributed by atoms with E-state index in [1.165, 1.54) is 0 Å². The maximum absolute atomic E-state index is 9.27. The van der Waals surface area contributed by atoms with Gasteiger partial charge in [-0.3, -0.25) is 0 Å². The molecule has 0 rings (SSSR count). The highest BCUT2D eigenvalue weighted by Gasteiger charge is 2.24. The maximum Gasteiger partial charge on any atom is 0.0490 e. The Labute approximate surface area is 75.7 Å². The molecule has 0 aliphatic heterocycles. The van der Waals surface area contributed by atoms with Crippen LogP contribution in [0.1, 0.15) is 39.5 Å². The van der Waals surface area contributed by atoms with E-state index >= 15 is 0 Å². The van der Waals surface area contributed by atoms with E-state index < -0.39 is 0 Å². The lowest BCUT2D eigenvalue weighted by atomic mass is 9.79. The van der Waals surface area contributed by atoms with E-state index in [0.29, 0.717) is 0 Å². The van der Waals surface area contributed by atoms with Crippen molar-refractivity contribution in [1.82, 2.24) is 0 Å². The van der Waals surface area contributed by atoms with Gasteiger partial charge in [0.2, 0.25) is 0 Å². The molecule has 72 valence electrons. The van der Waals surface area contributed by atoms with Gasteiger partial charge in [-0.15, -0.1) is 0 Å². The number of rotatable bonds is 6. The van der Waals surface area contributed by atoms with Gasteiger partial charge in [-0.25, -0.2) is 0 Å². The molecular formula is C10H21NO. The molecule has 0 saturated heterocycles. The first-order valence-corrected chi connectivity index (χ1v) is 4.76. The predicted octanol–water partition coefficient (Wildman–Crippen LogP) is 2.27. The third-order valence-corrected chi connectivity index (χ3v) is 2.57. The summed E-state index contributed by atoms with van der Waals surface area (Å²) in [6.45, 7) is 4.57. The molecule has 12 heavy (non-hydrogen) atoms. The van der Waals surface area contributed by atoms with Gasteiger partial charge in [0.25, 0.3) is 0 Å². The Hall–Kier alpha value is -0.370. The molecule has 0 spiro atoms. The lowest BCUT2D eigenvalue weighted by molar-refractivity contribution is 0.117. The van der Waals surface area contributed by atoms with E-state index in [1.54, 1.807) is 7.05 Å². The standard InChI is InChI=1S/C10H21NO/c1-4-6-10(5-2,9-12)7-8-11-3/h8,12H,4-7,9H2,1-3H3. The van der Waals surface area contributed by atoms with E-state index in [0.717, 1.165) is 25.7 Å². The van der Waals surface area contributed by atoms with Crippen molar-refractivity contribution < 1.29 is 5.11 Å². The molecule has 0 saturated carbocycles. The number of aliphatic hydroxyl groups excluding tert-OH is 1. The highest BCUT2D eigenvalue weighted by atomic mass is 16.3. The van der Waals surface area contributed by atoms with Gasteiger partial charge < -0.3 is 10.1 Å². The van der Waals surface area contributed by atoms with Crippen LogP contribution in [0.5, 0.6) is 0 Å². The van der Waals surface area contributed by atoms with Crippen LogP contribution in [0.3, 0.4) is 0 Å². The van der Waals surface area contributed by atoms with Gasteiger partial charge in [0.1, 0.15) is 0 Å². The van der Waals surface area contributed by atoms with Crippen LogP contribution in [-0.4, -0.2) is 25.0 Å². The van der Waals surface area contributed by atoms with E-state index in [2.05, 4.69) is 18.8 Å². The summed E-state index contributed by atoms with van der Waals surface area (Å²) in [5.41, 5.74) is 0.0915. The average molecular weight is 171 g/mol. The normalized spacial score (nSPS) is 16.7. The molecule has 2 heteroatoms. The number of hydrogen-bond donors (Lipinski definition) is 1. The van der Waals surface area contributed by atoms with Crippen LogP contribution in [0.15, 0.2) is 4.99 Å². The zero-order chi connectivity index (χ0) is 9.45. The van der Waals surface area contributed by atoms with Crippen molar-refractivity contribution in [2.45, 2.75) is 39.5 Å². The van der Waals surface area contributed by atoms with Gasteiger partial charge in [-0.05, 0) is 30.9 Å². The highest BCUT2D eigenvalue weighted by Crippen LogP contribution is 2.30. The van der Waals surface area contributed by atoms with Gasteiger partial charge in [-0.2, -0.15) is 0 Å². The SMILES string of the molecule is CCCC(CC)(CO)CC=NC. The van der Waals surface area contributed by atoms with E-state index in [-0.39, 0.29) is 12.0 Å². The van der Waals surface area contributed by atoms with Gasteiger partial charge in [-0.1, -0.05) is 20.3 Å². The van der Waals surface area contributed by atoms with E-state index in [1.807, 2.05) is 6.21 Å². The Bertz CT molecular complexity index is 128. The second kappa shape index (κ2) is 6.18. The summed E-state index contributed by atoms with van der Waals surface area (Å²) in [4.78, 5) is 3.96. The molecule has 0 heterocycles. The van der Waals surface area contributed by atoms with Crippen LogP contribution in [0.4, 0.5) is 0 Å². The molecule has 0 aromatic carbocycles. The fourth-order valence-corrected chi connectivity index (χ4v) is 1.49. The fourth-order valence-electron chi connectivity index (χ4n) is 1.49. The molecule has 0 aliphatic rings. The molecule has 0 amide bonds. The molecule has 2 nitrogen and oxygen atoms in total. The van der Waals surface area contributed by atoms with E-state index in [9.17, 15) is 5.11 Å². The molecular weight excluding hydrogens is 150 g/mol. The monoisotopic (exact) mass is 171 g/mol. The molecule has 0 aromatic rings. The molecule has 0 radical (unpaired) electrons. The molecule has 0 aliphatic carbocycles. The van der Waals surface area contributed by atoms with Crippen LogP contribution < -0.4 is 0 Å². The predicted molar refractivity (Wildman–Crippen MR) is 53.8 cm³/mol. The number of aliphatic hydroxyl groups is 1. The summed E-state index contributed by atoms with van der Waals surface area (Å²) in [6, 6.07) is 0. The summed E-state index contributed by atoms with van der Waals surface area (Å²) in [7, 11) is 1.78. The summed E-state index contributed by atoms with van der Waals surface area (Å²) in [5.74, 6) is 0. The lowest BCUT2D eigenvalue weighted by Crippen LogP contribution is -2.24. The molecule has 0 fully saturated rings. The van der Waals surface area contributed by atoms with Gasteiger partial charge >= 0.3 is 0 Å². The smallest absolute Gasteiger partial charge is 0.0490 e. The Balaban J connectivity index is 4.13. The van der Waals surface area contributed by atoms with Crippen molar-refractivity contribution in [3.05, 3.63) is 0 Å². The third kappa shape index (κ3) is 3.35. The summed E-state index contributed by atoms with van der Waals surface area (Å²) in [6.07, 6.45) is 6.07. The maximum atomic E-state index is 9.27. The third-order valence-electron chi connectivity index (χ3n) is 2.57. The second-order valence-electron chi connectivity index (χ2n) is 3.41. The first-order chi connectivity index (χ1) is 5.74. The zero-order valence-electron chi connectivity index (χ0n) is 8.51. The summed E-state index contributed by atoms with van der Waals surface area (Å²) in [5, 5.41) is 9.27. The van der Waals surface area contributed by atoms with Crippen LogP contribution in [-0.2, 0) is 0 Å². The molecule has 1 unspecified atom stereocenters. The van der Waals surface area contributed by atoms with Crippen LogP contribution in [0, 0.1) is 5.41 Å². The fraction of sp³-hybridized carbons (Fsp3) is 0.900. The molecule has 0 aromatic heterocycles. The second-order valence-corrected chi connectivity index (χ2v) is 3.41. The largest absolute Gasteiger partial charge is 0.396 e. The zero-order valence-corrected chi connectivity index (χ0v) is 8.51. The van der Waals surface area contributed by atoms with Gasteiger partial charge in [0, 0.05) is 13.7 Å². The number of nitrogens with zero attached hydrogens (tertiary/aromatic N) is 1. The first-order valence-electron chi connectivity index (χ1n) is 4.76. The molecule has 1 N–H and O–H groups in total. The minimum atomic E-state index is 0.0915. The average Bonchev–Trinajstić information content (AvgIpc) is 2.13. The molecule has 1 atom stereocenters. The van der Waals surface area contributed by atoms with Gasteiger partial charge in [0.15, 0.2) is 0 Å². The minimum absolute atomic E-state index is 0.0915. The summed E-state index contributed by atoms with van der Waals surface area (Å²) >= 11 is 0. The number of aliphatic imine (C=N–C) groups is 1. The van der Waals surface area contributed by atoms with Crippen molar-refractivity contribution in [3.63, 3.8) is 0 Å². The van der Waals surface area contributed by atoms with Crippen molar-refractivity contribution in [1.29, 1.82) is 0 Å². The topological polar surface area (TPSA) is 32.6 Å². The van der Waals surface area contributed by atoms with Crippen molar-refractivity contribution in [2.24, 2.45) is 10.4 Å². The highest BCUT2D eigenvalue weighted by molar-refractivity contribution is 5.58.